The molecular weight excluding hydrogens is 242 g/mol. The van der Waals surface area contributed by atoms with Gasteiger partial charge in [-0.3, -0.25) is 0 Å². The maximum absolute atomic E-state index is 6.05. The Hall–Kier alpha value is -0.770. The van der Waals surface area contributed by atoms with E-state index in [1.54, 1.807) is 11.5 Å². The first kappa shape index (κ1) is 12.3. The van der Waals surface area contributed by atoms with Crippen LogP contribution < -0.4 is 10.6 Å². The quantitative estimate of drug-likeness (QED) is 0.907. The molecule has 2 unspecified atom stereocenters. The van der Waals surface area contributed by atoms with E-state index in [0.29, 0.717) is 12.0 Å². The van der Waals surface area contributed by atoms with Crippen LogP contribution in [0.3, 0.4) is 0 Å². The molecule has 100 valence electrons. The van der Waals surface area contributed by atoms with Crippen molar-refractivity contribution in [1.29, 1.82) is 0 Å². The first-order chi connectivity index (χ1) is 8.66. The van der Waals surface area contributed by atoms with E-state index in [1.165, 1.54) is 49.1 Å². The van der Waals surface area contributed by atoms with E-state index < -0.39 is 0 Å². The molecule has 2 fully saturated rings. The Morgan fingerprint density at radius 2 is 2.06 bits per heavy atom. The summed E-state index contributed by atoms with van der Waals surface area (Å²) in [5, 5.41) is 1.34. The summed E-state index contributed by atoms with van der Waals surface area (Å²) in [5.74, 6) is 2.34. The molecule has 18 heavy (non-hydrogen) atoms. The number of nitrogens with zero attached hydrogens (tertiary/aromatic N) is 2. The number of anilines is 2. The SMILES string of the molecule is CC1CCCC(N(C)c2snc(N)c2C2CC2)C1. The monoisotopic (exact) mass is 265 g/mol. The van der Waals surface area contributed by atoms with Crippen molar-refractivity contribution < 1.29 is 0 Å². The molecule has 0 amide bonds. The van der Waals surface area contributed by atoms with Gasteiger partial charge in [-0.2, -0.15) is 4.37 Å². The summed E-state index contributed by atoms with van der Waals surface area (Å²) in [7, 11) is 2.24. The Morgan fingerprint density at radius 1 is 1.28 bits per heavy atom. The number of nitrogen functional groups attached to an aromatic ring is 1. The van der Waals surface area contributed by atoms with Crippen molar-refractivity contribution in [3.05, 3.63) is 5.56 Å². The van der Waals surface area contributed by atoms with Gasteiger partial charge in [-0.25, -0.2) is 0 Å². The standard InChI is InChI=1S/C14H23N3S/c1-9-4-3-5-11(8-9)17(2)14-12(10-6-7-10)13(15)16-18-14/h9-11H,3-8H2,1-2H3,(H2,15,16). The van der Waals surface area contributed by atoms with Crippen LogP contribution in [0.4, 0.5) is 10.8 Å². The average molecular weight is 265 g/mol. The van der Waals surface area contributed by atoms with Crippen LogP contribution in [0.5, 0.6) is 0 Å². The Labute approximate surface area is 114 Å². The second kappa shape index (κ2) is 4.72. The minimum atomic E-state index is 0.686. The van der Waals surface area contributed by atoms with Crippen LogP contribution in [0.25, 0.3) is 0 Å². The molecule has 0 saturated heterocycles. The highest BCUT2D eigenvalue weighted by Crippen LogP contribution is 2.49. The molecule has 2 N–H and O–H groups in total. The lowest BCUT2D eigenvalue weighted by atomic mass is 9.86. The van der Waals surface area contributed by atoms with Crippen LogP contribution in [0.2, 0.25) is 0 Å². The molecule has 4 heteroatoms. The molecule has 0 aromatic carbocycles. The van der Waals surface area contributed by atoms with E-state index in [0.717, 1.165) is 11.7 Å². The van der Waals surface area contributed by atoms with Crippen molar-refractivity contribution in [1.82, 2.24) is 4.37 Å². The normalized spacial score (nSPS) is 28.3. The molecule has 2 atom stereocenters. The van der Waals surface area contributed by atoms with Gasteiger partial charge in [-0.05, 0) is 49.1 Å². The molecular formula is C14H23N3S. The zero-order valence-electron chi connectivity index (χ0n) is 11.4. The fraction of sp³-hybridized carbons (Fsp3) is 0.786. The molecule has 0 radical (unpaired) electrons. The molecule has 3 rings (SSSR count). The van der Waals surface area contributed by atoms with Gasteiger partial charge in [-0.1, -0.05) is 19.8 Å². The predicted molar refractivity (Wildman–Crippen MR) is 78.3 cm³/mol. The van der Waals surface area contributed by atoms with E-state index in [1.807, 2.05) is 0 Å². The van der Waals surface area contributed by atoms with Crippen molar-refractivity contribution in [3.63, 3.8) is 0 Å². The van der Waals surface area contributed by atoms with Crippen LogP contribution >= 0.6 is 11.5 Å². The van der Waals surface area contributed by atoms with Gasteiger partial charge in [-0.15, -0.1) is 0 Å². The lowest BCUT2D eigenvalue weighted by Gasteiger charge is -2.35. The van der Waals surface area contributed by atoms with Gasteiger partial charge in [0.1, 0.15) is 10.8 Å². The Bertz CT molecular complexity index is 425. The lowest BCUT2D eigenvalue weighted by Crippen LogP contribution is -2.35. The molecule has 0 spiro atoms. The zero-order valence-corrected chi connectivity index (χ0v) is 12.2. The smallest absolute Gasteiger partial charge is 0.142 e. The topological polar surface area (TPSA) is 42.2 Å². The minimum absolute atomic E-state index is 0.686. The van der Waals surface area contributed by atoms with Crippen LogP contribution in [-0.2, 0) is 0 Å². The Balaban J connectivity index is 1.81. The second-order valence-corrected chi connectivity index (χ2v) is 6.85. The maximum Gasteiger partial charge on any atom is 0.142 e. The molecule has 0 aliphatic heterocycles. The molecule has 2 aliphatic rings. The molecule has 1 aromatic heterocycles. The molecule has 3 nitrogen and oxygen atoms in total. The van der Waals surface area contributed by atoms with E-state index in [2.05, 4.69) is 23.2 Å². The summed E-state index contributed by atoms with van der Waals surface area (Å²) in [6, 6.07) is 0.686. The van der Waals surface area contributed by atoms with Crippen LogP contribution in [0, 0.1) is 5.92 Å². The number of hydrogen-bond donors (Lipinski definition) is 1. The highest BCUT2D eigenvalue weighted by atomic mass is 32.1. The second-order valence-electron chi connectivity index (χ2n) is 6.10. The van der Waals surface area contributed by atoms with Gasteiger partial charge in [0.2, 0.25) is 0 Å². The van der Waals surface area contributed by atoms with Gasteiger partial charge in [0.05, 0.1) is 0 Å². The first-order valence-corrected chi connectivity index (χ1v) is 7.92. The zero-order chi connectivity index (χ0) is 12.7. The van der Waals surface area contributed by atoms with Crippen molar-refractivity contribution in [2.75, 3.05) is 17.7 Å². The predicted octanol–water partition coefficient (Wildman–Crippen LogP) is 3.62. The molecule has 2 aliphatic carbocycles. The summed E-state index contributed by atoms with van der Waals surface area (Å²) in [6.07, 6.45) is 7.99. The number of hydrogen-bond acceptors (Lipinski definition) is 4. The minimum Gasteiger partial charge on any atom is -0.383 e. The number of rotatable bonds is 3. The van der Waals surface area contributed by atoms with Gasteiger partial charge in [0.25, 0.3) is 0 Å². The van der Waals surface area contributed by atoms with Gasteiger partial charge < -0.3 is 10.6 Å². The number of nitrogens with two attached hydrogens (primary N) is 1. The fourth-order valence-corrected chi connectivity index (χ4v) is 4.16. The van der Waals surface area contributed by atoms with Crippen LogP contribution in [-0.4, -0.2) is 17.5 Å². The number of aromatic nitrogens is 1. The van der Waals surface area contributed by atoms with Gasteiger partial charge in [0, 0.05) is 18.7 Å². The summed E-state index contributed by atoms with van der Waals surface area (Å²) < 4.78 is 4.39. The van der Waals surface area contributed by atoms with E-state index >= 15 is 0 Å². The summed E-state index contributed by atoms with van der Waals surface area (Å²) in [4.78, 5) is 2.47. The summed E-state index contributed by atoms with van der Waals surface area (Å²) >= 11 is 1.60. The van der Waals surface area contributed by atoms with Crippen LogP contribution in [0.1, 0.15) is 56.9 Å². The van der Waals surface area contributed by atoms with E-state index in [-0.39, 0.29) is 0 Å². The maximum atomic E-state index is 6.05. The first-order valence-electron chi connectivity index (χ1n) is 7.14. The van der Waals surface area contributed by atoms with Crippen molar-refractivity contribution in [3.8, 4) is 0 Å². The summed E-state index contributed by atoms with van der Waals surface area (Å²) in [5.41, 5.74) is 7.40. The van der Waals surface area contributed by atoms with Crippen molar-refractivity contribution in [2.45, 2.75) is 57.4 Å². The van der Waals surface area contributed by atoms with Gasteiger partial charge in [0.15, 0.2) is 0 Å². The third kappa shape index (κ3) is 2.22. The Kier molecular flexibility index (Phi) is 3.22. The van der Waals surface area contributed by atoms with Gasteiger partial charge >= 0.3 is 0 Å². The Morgan fingerprint density at radius 3 is 2.72 bits per heavy atom. The van der Waals surface area contributed by atoms with E-state index in [4.69, 9.17) is 5.73 Å². The van der Waals surface area contributed by atoms with Crippen molar-refractivity contribution >= 4 is 22.4 Å². The highest BCUT2D eigenvalue weighted by molar-refractivity contribution is 7.10. The highest BCUT2D eigenvalue weighted by Gasteiger charge is 2.33. The molecule has 1 heterocycles. The van der Waals surface area contributed by atoms with E-state index in [9.17, 15) is 0 Å². The third-order valence-electron chi connectivity index (χ3n) is 4.50. The van der Waals surface area contributed by atoms with Crippen molar-refractivity contribution in [2.24, 2.45) is 5.92 Å². The third-order valence-corrected chi connectivity index (χ3v) is 5.47. The average Bonchev–Trinajstić information content (AvgIpc) is 3.12. The molecule has 1 aromatic rings. The lowest BCUT2D eigenvalue weighted by molar-refractivity contribution is 0.337. The largest absolute Gasteiger partial charge is 0.383 e. The molecule has 0 bridgehead atoms. The summed E-state index contributed by atoms with van der Waals surface area (Å²) in [6.45, 7) is 2.38. The molecule has 2 saturated carbocycles. The van der Waals surface area contributed by atoms with Crippen LogP contribution in [0.15, 0.2) is 0 Å². The fourth-order valence-electron chi connectivity index (χ4n) is 3.23.